The number of anilines is 1. The van der Waals surface area contributed by atoms with Crippen LogP contribution in [0.3, 0.4) is 0 Å². The van der Waals surface area contributed by atoms with E-state index in [1.54, 1.807) is 0 Å². The van der Waals surface area contributed by atoms with Gasteiger partial charge in [0.1, 0.15) is 0 Å². The first-order chi connectivity index (χ1) is 12.7. The van der Waals surface area contributed by atoms with Crippen LogP contribution >= 0.6 is 11.6 Å². The van der Waals surface area contributed by atoms with Crippen molar-refractivity contribution in [2.45, 2.75) is 38.6 Å². The highest BCUT2D eigenvalue weighted by molar-refractivity contribution is 6.30. The Morgan fingerprint density at radius 2 is 1.85 bits per heavy atom. The van der Waals surface area contributed by atoms with Gasteiger partial charge in [-0.05, 0) is 54.7 Å². The molecule has 0 radical (unpaired) electrons. The second-order valence-electron chi connectivity index (χ2n) is 7.56. The van der Waals surface area contributed by atoms with Gasteiger partial charge in [-0.25, -0.2) is 0 Å². The summed E-state index contributed by atoms with van der Waals surface area (Å²) in [6, 6.07) is 14.9. The van der Waals surface area contributed by atoms with E-state index in [4.69, 9.17) is 11.6 Å². The quantitative estimate of drug-likeness (QED) is 0.567. The van der Waals surface area contributed by atoms with Crippen LogP contribution in [0, 0.1) is 5.92 Å². The average Bonchev–Trinajstić information content (AvgIpc) is 3.03. The lowest BCUT2D eigenvalue weighted by atomic mass is 9.88. The number of rotatable bonds is 5. The molecule has 0 unspecified atom stereocenters. The van der Waals surface area contributed by atoms with Gasteiger partial charge in [0.25, 0.3) is 0 Å². The van der Waals surface area contributed by atoms with Gasteiger partial charge in [0.2, 0.25) is 0 Å². The predicted octanol–water partition coefficient (Wildman–Crippen LogP) is 5.81. The maximum absolute atomic E-state index is 6.07. The van der Waals surface area contributed by atoms with Crippen molar-refractivity contribution in [1.82, 2.24) is 9.78 Å². The monoisotopic (exact) mass is 367 g/mol. The zero-order chi connectivity index (χ0) is 17.9. The predicted molar refractivity (Wildman–Crippen MR) is 110 cm³/mol. The fourth-order valence-corrected chi connectivity index (χ4v) is 4.21. The maximum atomic E-state index is 6.07. The lowest BCUT2D eigenvalue weighted by Gasteiger charge is -2.31. The van der Waals surface area contributed by atoms with Crippen molar-refractivity contribution >= 4 is 28.2 Å². The minimum absolute atomic E-state index is 0.792. The van der Waals surface area contributed by atoms with E-state index in [1.807, 2.05) is 23.9 Å². The van der Waals surface area contributed by atoms with Crippen LogP contribution in [0.15, 0.2) is 48.7 Å². The largest absolute Gasteiger partial charge is 0.367 e. The molecule has 0 saturated heterocycles. The Balaban J connectivity index is 1.61. The highest BCUT2D eigenvalue weighted by Gasteiger charge is 2.18. The van der Waals surface area contributed by atoms with Gasteiger partial charge >= 0.3 is 0 Å². The molecule has 26 heavy (non-hydrogen) atoms. The Morgan fingerprint density at radius 1 is 1.08 bits per heavy atom. The summed E-state index contributed by atoms with van der Waals surface area (Å²) in [6.45, 7) is 2.04. The summed E-state index contributed by atoms with van der Waals surface area (Å²) in [5.41, 5.74) is 3.64. The van der Waals surface area contributed by atoms with Crippen molar-refractivity contribution in [2.24, 2.45) is 13.0 Å². The molecule has 136 valence electrons. The van der Waals surface area contributed by atoms with Crippen LogP contribution in [-0.4, -0.2) is 16.3 Å². The standard InChI is InChI=1S/C22H26ClN3/c1-25-16-19-13-21(11-12-22(19)24-25)26(14-17-5-3-2-4-6-17)15-18-7-9-20(23)10-8-18/h7-13,16-17H,2-6,14-15H2,1H3. The van der Waals surface area contributed by atoms with Crippen molar-refractivity contribution in [3.8, 4) is 0 Å². The lowest BCUT2D eigenvalue weighted by Crippen LogP contribution is -2.30. The molecule has 1 aromatic heterocycles. The van der Waals surface area contributed by atoms with Crippen LogP contribution in [0.25, 0.3) is 10.9 Å². The fourth-order valence-electron chi connectivity index (χ4n) is 4.09. The maximum Gasteiger partial charge on any atom is 0.0924 e. The van der Waals surface area contributed by atoms with Crippen molar-refractivity contribution in [2.75, 3.05) is 11.4 Å². The number of nitrogens with zero attached hydrogens (tertiary/aromatic N) is 3. The molecule has 1 fully saturated rings. The number of fused-ring (bicyclic) bond motifs is 1. The number of aryl methyl sites for hydroxylation is 1. The SMILES string of the molecule is Cn1cc2cc(N(Cc3ccc(Cl)cc3)CC3CCCCC3)ccc2n1. The summed E-state index contributed by atoms with van der Waals surface area (Å²) in [5, 5.41) is 6.51. The lowest BCUT2D eigenvalue weighted by molar-refractivity contribution is 0.357. The van der Waals surface area contributed by atoms with Crippen molar-refractivity contribution < 1.29 is 0 Å². The van der Waals surface area contributed by atoms with Crippen LogP contribution < -0.4 is 4.90 Å². The Kier molecular flexibility index (Phi) is 5.16. The van der Waals surface area contributed by atoms with Crippen LogP contribution in [0.1, 0.15) is 37.7 Å². The Labute approximate surface area is 160 Å². The van der Waals surface area contributed by atoms with E-state index in [-0.39, 0.29) is 0 Å². The van der Waals surface area contributed by atoms with Crippen molar-refractivity contribution in [3.63, 3.8) is 0 Å². The molecule has 3 nitrogen and oxygen atoms in total. The molecule has 4 heteroatoms. The van der Waals surface area contributed by atoms with Gasteiger partial charge in [-0.1, -0.05) is 43.0 Å². The minimum Gasteiger partial charge on any atom is -0.367 e. The summed E-state index contributed by atoms with van der Waals surface area (Å²) >= 11 is 6.07. The van der Waals surface area contributed by atoms with Gasteiger partial charge in [-0.3, -0.25) is 4.68 Å². The second-order valence-corrected chi connectivity index (χ2v) is 7.99. The number of hydrogen-bond donors (Lipinski definition) is 0. The molecule has 1 heterocycles. The van der Waals surface area contributed by atoms with Gasteiger partial charge in [0, 0.05) is 42.4 Å². The average molecular weight is 368 g/mol. The van der Waals surface area contributed by atoms with Crippen LogP contribution in [0.2, 0.25) is 5.02 Å². The molecular weight excluding hydrogens is 342 g/mol. The third-order valence-corrected chi connectivity index (χ3v) is 5.71. The third kappa shape index (κ3) is 4.04. The number of benzene rings is 2. The first-order valence-electron chi connectivity index (χ1n) is 9.60. The fraction of sp³-hybridized carbons (Fsp3) is 0.409. The first kappa shape index (κ1) is 17.4. The molecule has 1 aliphatic carbocycles. The van der Waals surface area contributed by atoms with Crippen LogP contribution in [-0.2, 0) is 13.6 Å². The van der Waals surface area contributed by atoms with Gasteiger partial charge in [-0.2, -0.15) is 5.10 Å². The molecule has 0 aliphatic heterocycles. The summed E-state index contributed by atoms with van der Waals surface area (Å²) < 4.78 is 1.89. The number of aromatic nitrogens is 2. The Hall–Kier alpha value is -2.00. The third-order valence-electron chi connectivity index (χ3n) is 5.46. The van der Waals surface area contributed by atoms with E-state index < -0.39 is 0 Å². The first-order valence-corrected chi connectivity index (χ1v) is 9.98. The van der Waals surface area contributed by atoms with Crippen LogP contribution in [0.5, 0.6) is 0 Å². The molecular formula is C22H26ClN3. The molecule has 2 aromatic carbocycles. The summed E-state index contributed by atoms with van der Waals surface area (Å²) in [6.07, 6.45) is 8.95. The zero-order valence-electron chi connectivity index (χ0n) is 15.4. The highest BCUT2D eigenvalue weighted by atomic mass is 35.5. The highest BCUT2D eigenvalue weighted by Crippen LogP contribution is 2.29. The Morgan fingerprint density at radius 3 is 2.62 bits per heavy atom. The molecule has 4 rings (SSSR count). The van der Waals surface area contributed by atoms with Crippen molar-refractivity contribution in [3.05, 3.63) is 59.2 Å². The van der Waals surface area contributed by atoms with E-state index in [1.165, 1.54) is 48.7 Å². The molecule has 3 aromatic rings. The van der Waals surface area contributed by atoms with Gasteiger partial charge in [-0.15, -0.1) is 0 Å². The Bertz CT molecular complexity index is 863. The van der Waals surface area contributed by atoms with E-state index in [0.29, 0.717) is 0 Å². The van der Waals surface area contributed by atoms with E-state index in [9.17, 15) is 0 Å². The summed E-state index contributed by atoms with van der Waals surface area (Å²) in [4.78, 5) is 2.53. The molecule has 1 saturated carbocycles. The number of hydrogen-bond acceptors (Lipinski definition) is 2. The minimum atomic E-state index is 0.792. The van der Waals surface area contributed by atoms with Gasteiger partial charge < -0.3 is 4.90 Å². The zero-order valence-corrected chi connectivity index (χ0v) is 16.1. The normalized spacial score (nSPS) is 15.5. The molecule has 0 spiro atoms. The molecule has 1 aliphatic rings. The van der Waals surface area contributed by atoms with E-state index in [0.717, 1.165) is 29.5 Å². The molecule has 0 bridgehead atoms. The van der Waals surface area contributed by atoms with Gasteiger partial charge in [0.05, 0.1) is 5.52 Å². The molecule has 0 atom stereocenters. The summed E-state index contributed by atoms with van der Waals surface area (Å²) in [7, 11) is 1.98. The van der Waals surface area contributed by atoms with Crippen LogP contribution in [0.4, 0.5) is 5.69 Å². The molecule has 0 amide bonds. The topological polar surface area (TPSA) is 21.1 Å². The summed E-state index contributed by atoms with van der Waals surface area (Å²) in [5.74, 6) is 0.792. The van der Waals surface area contributed by atoms with E-state index in [2.05, 4.69) is 46.5 Å². The van der Waals surface area contributed by atoms with E-state index >= 15 is 0 Å². The number of halogens is 1. The van der Waals surface area contributed by atoms with Gasteiger partial charge in [0.15, 0.2) is 0 Å². The smallest absolute Gasteiger partial charge is 0.0924 e. The molecule has 0 N–H and O–H groups in total. The second kappa shape index (κ2) is 7.71. The van der Waals surface area contributed by atoms with Crippen molar-refractivity contribution in [1.29, 1.82) is 0 Å².